The molecule has 0 saturated carbocycles. The Bertz CT molecular complexity index is 992. The van der Waals surface area contributed by atoms with E-state index in [0.29, 0.717) is 24.9 Å². The molecule has 2 aromatic rings. The Morgan fingerprint density at radius 2 is 1.34 bits per heavy atom. The lowest BCUT2D eigenvalue weighted by molar-refractivity contribution is -0.124. The van der Waals surface area contributed by atoms with Gasteiger partial charge in [-0.15, -0.1) is 0 Å². The van der Waals surface area contributed by atoms with E-state index in [1.54, 1.807) is 0 Å². The van der Waals surface area contributed by atoms with Gasteiger partial charge in [-0.25, -0.2) is 0 Å². The van der Waals surface area contributed by atoms with E-state index in [-0.39, 0.29) is 17.9 Å². The van der Waals surface area contributed by atoms with E-state index in [2.05, 4.69) is 72.4 Å². The average molecular weight is 479 g/mol. The summed E-state index contributed by atoms with van der Waals surface area (Å²) in [5, 5.41) is 6.29. The molecule has 0 aromatic heterocycles. The number of rotatable bonds is 9. The molecule has 6 heteroatoms. The maximum atomic E-state index is 12.9. The molecule has 190 valence electrons. The van der Waals surface area contributed by atoms with Gasteiger partial charge in [0.1, 0.15) is 0 Å². The predicted molar refractivity (Wildman–Crippen MR) is 144 cm³/mol. The topological polar surface area (TPSA) is 64.7 Å². The second-order valence-corrected chi connectivity index (χ2v) is 10.5. The third kappa shape index (κ3) is 7.64. The molecule has 1 atom stereocenters. The zero-order chi connectivity index (χ0) is 25.5. The average Bonchev–Trinajstić information content (AvgIpc) is 2.81. The minimum atomic E-state index is -0.00113. The van der Waals surface area contributed by atoms with Crippen molar-refractivity contribution in [2.24, 2.45) is 5.92 Å². The Morgan fingerprint density at radius 1 is 0.800 bits per heavy atom. The van der Waals surface area contributed by atoms with Crippen LogP contribution >= 0.6 is 0 Å². The molecule has 2 aromatic carbocycles. The first kappa shape index (κ1) is 26.9. The van der Waals surface area contributed by atoms with Crippen LogP contribution in [0.4, 0.5) is 5.69 Å². The van der Waals surface area contributed by atoms with E-state index in [1.807, 2.05) is 32.0 Å². The molecule has 1 aliphatic rings. The minimum Gasteiger partial charge on any atom is -0.348 e. The van der Waals surface area contributed by atoms with Crippen LogP contribution in [-0.2, 0) is 9.59 Å². The normalized spacial score (nSPS) is 15.9. The molecule has 35 heavy (non-hydrogen) atoms. The highest BCUT2D eigenvalue weighted by Gasteiger charge is 2.23. The zero-order valence-corrected chi connectivity index (χ0v) is 22.2. The molecular formula is C29H42N4O2. The smallest absolute Gasteiger partial charge is 0.238 e. The quantitative estimate of drug-likeness (QED) is 0.557. The molecule has 2 N–H and O–H groups in total. The number of carbonyl (C=O) groups excluding carboxylic acids is 2. The van der Waals surface area contributed by atoms with Gasteiger partial charge in [0.2, 0.25) is 11.8 Å². The molecule has 1 aliphatic heterocycles. The number of aryl methyl sites for hydroxylation is 1. The Labute approximate surface area is 211 Å². The van der Waals surface area contributed by atoms with Crippen LogP contribution in [0.1, 0.15) is 61.9 Å². The first-order valence-electron chi connectivity index (χ1n) is 12.8. The van der Waals surface area contributed by atoms with Crippen molar-refractivity contribution in [3.8, 4) is 0 Å². The maximum Gasteiger partial charge on any atom is 0.238 e. The van der Waals surface area contributed by atoms with Gasteiger partial charge in [-0.1, -0.05) is 64.1 Å². The van der Waals surface area contributed by atoms with E-state index < -0.39 is 0 Å². The summed E-state index contributed by atoms with van der Waals surface area (Å²) < 4.78 is 0. The Kier molecular flexibility index (Phi) is 9.47. The summed E-state index contributed by atoms with van der Waals surface area (Å²) in [5.41, 5.74) is 5.61. The fourth-order valence-electron chi connectivity index (χ4n) is 4.53. The van der Waals surface area contributed by atoms with E-state index in [1.165, 1.54) is 11.1 Å². The van der Waals surface area contributed by atoms with Crippen LogP contribution in [0.25, 0.3) is 0 Å². The summed E-state index contributed by atoms with van der Waals surface area (Å²) >= 11 is 0. The second-order valence-electron chi connectivity index (χ2n) is 10.5. The number of benzene rings is 2. The first-order valence-corrected chi connectivity index (χ1v) is 12.8. The van der Waals surface area contributed by atoms with Gasteiger partial charge in [-0.05, 0) is 54.0 Å². The molecule has 0 unspecified atom stereocenters. The van der Waals surface area contributed by atoms with E-state index >= 15 is 0 Å². The number of anilines is 1. The van der Waals surface area contributed by atoms with Crippen molar-refractivity contribution in [3.63, 3.8) is 0 Å². The standard InChI is InChI=1S/C29H42N4O2/c1-20(2)24-10-12-25(13-11-24)29(21(3)4)31-28(35)19-33-16-14-32(15-17-33)18-27(34)30-26-9-7-8-22(5)23(26)6/h7-13,20-21,29H,14-19H2,1-6H3,(H,30,34)(H,31,35)/t29-/m1/s1. The lowest BCUT2D eigenvalue weighted by Crippen LogP contribution is -2.51. The Balaban J connectivity index is 1.45. The van der Waals surface area contributed by atoms with Crippen LogP contribution in [-0.4, -0.2) is 60.9 Å². The van der Waals surface area contributed by atoms with Crippen LogP contribution in [0.5, 0.6) is 0 Å². The largest absolute Gasteiger partial charge is 0.348 e. The van der Waals surface area contributed by atoms with Crippen molar-refractivity contribution < 1.29 is 9.59 Å². The second kappa shape index (κ2) is 12.3. The molecule has 3 rings (SSSR count). The lowest BCUT2D eigenvalue weighted by Gasteiger charge is -2.34. The number of carbonyl (C=O) groups is 2. The number of hydrogen-bond acceptors (Lipinski definition) is 4. The molecule has 1 fully saturated rings. The molecule has 0 bridgehead atoms. The molecule has 1 heterocycles. The van der Waals surface area contributed by atoms with Crippen LogP contribution in [0.2, 0.25) is 0 Å². The van der Waals surface area contributed by atoms with Gasteiger partial charge in [0.25, 0.3) is 0 Å². The van der Waals surface area contributed by atoms with Gasteiger partial charge in [-0.3, -0.25) is 19.4 Å². The number of hydrogen-bond donors (Lipinski definition) is 2. The SMILES string of the molecule is Cc1cccc(NC(=O)CN2CCN(CC(=O)N[C@@H](c3ccc(C(C)C)cc3)C(C)C)CC2)c1C. The van der Waals surface area contributed by atoms with Crippen molar-refractivity contribution >= 4 is 17.5 Å². The van der Waals surface area contributed by atoms with Gasteiger partial charge >= 0.3 is 0 Å². The molecule has 0 aliphatic carbocycles. The van der Waals surface area contributed by atoms with E-state index in [9.17, 15) is 9.59 Å². The number of nitrogens with zero attached hydrogens (tertiary/aromatic N) is 2. The van der Waals surface area contributed by atoms with E-state index in [4.69, 9.17) is 0 Å². The minimum absolute atomic E-state index is 0.00113. The zero-order valence-electron chi connectivity index (χ0n) is 22.2. The highest BCUT2D eigenvalue weighted by molar-refractivity contribution is 5.93. The van der Waals surface area contributed by atoms with Gasteiger partial charge in [0.05, 0.1) is 19.1 Å². The van der Waals surface area contributed by atoms with Crippen molar-refractivity contribution in [1.29, 1.82) is 0 Å². The summed E-state index contributed by atoms with van der Waals surface area (Å²) in [7, 11) is 0. The fraction of sp³-hybridized carbons (Fsp3) is 0.517. The molecule has 0 spiro atoms. The van der Waals surface area contributed by atoms with Crippen molar-refractivity contribution in [2.75, 3.05) is 44.6 Å². The number of nitrogens with one attached hydrogen (secondary N) is 2. The van der Waals surface area contributed by atoms with Gasteiger partial charge < -0.3 is 10.6 Å². The summed E-state index contributed by atoms with van der Waals surface area (Å²) in [6.07, 6.45) is 0. The predicted octanol–water partition coefficient (Wildman–Crippen LogP) is 4.50. The van der Waals surface area contributed by atoms with Crippen LogP contribution in [0.15, 0.2) is 42.5 Å². The Hall–Kier alpha value is -2.70. The molecule has 6 nitrogen and oxygen atoms in total. The van der Waals surface area contributed by atoms with Crippen LogP contribution in [0, 0.1) is 19.8 Å². The van der Waals surface area contributed by atoms with Gasteiger partial charge in [0, 0.05) is 31.9 Å². The molecular weight excluding hydrogens is 436 g/mol. The summed E-state index contributed by atoms with van der Waals surface area (Å²) in [4.78, 5) is 29.7. The summed E-state index contributed by atoms with van der Waals surface area (Å²) in [5.74, 6) is 0.856. The van der Waals surface area contributed by atoms with Crippen molar-refractivity contribution in [3.05, 3.63) is 64.7 Å². The van der Waals surface area contributed by atoms with Crippen molar-refractivity contribution in [2.45, 2.75) is 53.5 Å². The highest BCUT2D eigenvalue weighted by Crippen LogP contribution is 2.24. The maximum absolute atomic E-state index is 12.9. The summed E-state index contributed by atoms with van der Waals surface area (Å²) in [6.45, 7) is 16.6. The lowest BCUT2D eigenvalue weighted by atomic mass is 9.93. The number of amides is 2. The monoisotopic (exact) mass is 478 g/mol. The fourth-order valence-corrected chi connectivity index (χ4v) is 4.53. The van der Waals surface area contributed by atoms with Crippen LogP contribution < -0.4 is 10.6 Å². The van der Waals surface area contributed by atoms with Gasteiger partial charge in [0.15, 0.2) is 0 Å². The molecule has 2 amide bonds. The van der Waals surface area contributed by atoms with Gasteiger partial charge in [-0.2, -0.15) is 0 Å². The Morgan fingerprint density at radius 3 is 1.89 bits per heavy atom. The molecule has 1 saturated heterocycles. The molecule has 0 radical (unpaired) electrons. The van der Waals surface area contributed by atoms with Crippen molar-refractivity contribution in [1.82, 2.24) is 15.1 Å². The third-order valence-corrected chi connectivity index (χ3v) is 7.02. The first-order chi connectivity index (χ1) is 16.6. The summed E-state index contributed by atoms with van der Waals surface area (Å²) in [6, 6.07) is 14.6. The van der Waals surface area contributed by atoms with E-state index in [0.717, 1.165) is 43.0 Å². The van der Waals surface area contributed by atoms with Crippen LogP contribution in [0.3, 0.4) is 0 Å². The third-order valence-electron chi connectivity index (χ3n) is 7.02. The number of piperazine rings is 1. The highest BCUT2D eigenvalue weighted by atomic mass is 16.2.